The molecule has 0 radical (unpaired) electrons. The highest BCUT2D eigenvalue weighted by atomic mass is 15.3. The predicted molar refractivity (Wildman–Crippen MR) is 79.4 cm³/mol. The molecule has 1 aromatic carbocycles. The minimum Gasteiger partial charge on any atom is -0.324 e. The SMILES string of the molecule is NC(c1cnn(-c2ccccc2)c1)C1CC2CCC1C2. The number of nitrogens with zero attached hydrogens (tertiary/aromatic N) is 2. The fourth-order valence-electron chi connectivity index (χ4n) is 4.21. The maximum atomic E-state index is 6.52. The number of rotatable bonds is 3. The fraction of sp³-hybridized carbons (Fsp3) is 0.471. The lowest BCUT2D eigenvalue weighted by Gasteiger charge is -2.26. The van der Waals surface area contributed by atoms with E-state index >= 15 is 0 Å². The summed E-state index contributed by atoms with van der Waals surface area (Å²) >= 11 is 0. The number of para-hydroxylation sites is 1. The molecule has 2 bridgehead atoms. The first-order valence-electron chi connectivity index (χ1n) is 7.67. The third-order valence-corrected chi connectivity index (χ3v) is 5.26. The number of fused-ring (bicyclic) bond motifs is 2. The number of benzene rings is 1. The summed E-state index contributed by atoms with van der Waals surface area (Å²) in [5.41, 5.74) is 8.81. The zero-order valence-electron chi connectivity index (χ0n) is 11.7. The van der Waals surface area contributed by atoms with Crippen molar-refractivity contribution in [2.75, 3.05) is 0 Å². The lowest BCUT2D eigenvalue weighted by molar-refractivity contribution is 0.284. The zero-order chi connectivity index (χ0) is 13.5. The molecule has 2 saturated carbocycles. The molecule has 0 aliphatic heterocycles. The van der Waals surface area contributed by atoms with Crippen LogP contribution in [0.2, 0.25) is 0 Å². The molecule has 2 N–H and O–H groups in total. The molecule has 1 heterocycles. The Kier molecular flexibility index (Phi) is 2.88. The average molecular weight is 267 g/mol. The molecule has 2 fully saturated rings. The number of hydrogen-bond acceptors (Lipinski definition) is 2. The van der Waals surface area contributed by atoms with Gasteiger partial charge in [-0.2, -0.15) is 5.10 Å². The summed E-state index contributed by atoms with van der Waals surface area (Å²) in [5.74, 6) is 2.47. The van der Waals surface area contributed by atoms with Crippen molar-refractivity contribution in [2.24, 2.45) is 23.5 Å². The van der Waals surface area contributed by atoms with Crippen LogP contribution in [0, 0.1) is 17.8 Å². The van der Waals surface area contributed by atoms with E-state index in [9.17, 15) is 0 Å². The second-order valence-corrected chi connectivity index (χ2v) is 6.42. The zero-order valence-corrected chi connectivity index (χ0v) is 11.7. The topological polar surface area (TPSA) is 43.8 Å². The Hall–Kier alpha value is -1.61. The quantitative estimate of drug-likeness (QED) is 0.927. The Labute approximate surface area is 119 Å². The fourth-order valence-corrected chi connectivity index (χ4v) is 4.21. The first-order valence-corrected chi connectivity index (χ1v) is 7.67. The summed E-state index contributed by atoms with van der Waals surface area (Å²) in [7, 11) is 0. The summed E-state index contributed by atoms with van der Waals surface area (Å²) in [6.07, 6.45) is 9.59. The van der Waals surface area contributed by atoms with E-state index in [1.807, 2.05) is 29.1 Å². The molecule has 20 heavy (non-hydrogen) atoms. The molecule has 2 aromatic rings. The van der Waals surface area contributed by atoms with Crippen LogP contribution in [0.15, 0.2) is 42.7 Å². The van der Waals surface area contributed by atoms with E-state index < -0.39 is 0 Å². The minimum atomic E-state index is 0.155. The van der Waals surface area contributed by atoms with Gasteiger partial charge < -0.3 is 5.73 Å². The van der Waals surface area contributed by atoms with Crippen LogP contribution in [0.25, 0.3) is 5.69 Å². The highest BCUT2D eigenvalue weighted by molar-refractivity contribution is 5.31. The molecule has 0 amide bonds. The van der Waals surface area contributed by atoms with E-state index in [1.54, 1.807) is 0 Å². The molecule has 4 rings (SSSR count). The van der Waals surface area contributed by atoms with Crippen molar-refractivity contribution in [3.05, 3.63) is 48.3 Å². The van der Waals surface area contributed by atoms with Crippen molar-refractivity contribution in [1.29, 1.82) is 0 Å². The molecule has 3 heteroatoms. The van der Waals surface area contributed by atoms with Crippen LogP contribution in [0.1, 0.15) is 37.3 Å². The van der Waals surface area contributed by atoms with E-state index in [-0.39, 0.29) is 6.04 Å². The van der Waals surface area contributed by atoms with Crippen molar-refractivity contribution >= 4 is 0 Å². The Morgan fingerprint density at radius 2 is 2.00 bits per heavy atom. The largest absolute Gasteiger partial charge is 0.324 e. The van der Waals surface area contributed by atoms with Gasteiger partial charge in [0.05, 0.1) is 11.9 Å². The van der Waals surface area contributed by atoms with Gasteiger partial charge >= 0.3 is 0 Å². The van der Waals surface area contributed by atoms with Crippen LogP contribution >= 0.6 is 0 Å². The highest BCUT2D eigenvalue weighted by Gasteiger charge is 2.42. The molecule has 2 aliphatic rings. The Morgan fingerprint density at radius 1 is 1.15 bits per heavy atom. The van der Waals surface area contributed by atoms with Crippen LogP contribution < -0.4 is 5.73 Å². The first kappa shape index (κ1) is 12.2. The van der Waals surface area contributed by atoms with Crippen LogP contribution in [-0.4, -0.2) is 9.78 Å². The molecular formula is C17H21N3. The third kappa shape index (κ3) is 1.97. The number of nitrogens with two attached hydrogens (primary N) is 1. The summed E-state index contributed by atoms with van der Waals surface area (Å²) in [5, 5.41) is 4.48. The molecular weight excluding hydrogens is 246 g/mol. The third-order valence-electron chi connectivity index (χ3n) is 5.26. The van der Waals surface area contributed by atoms with Crippen molar-refractivity contribution in [1.82, 2.24) is 9.78 Å². The average Bonchev–Trinajstić information content (AvgIpc) is 3.23. The summed E-state index contributed by atoms with van der Waals surface area (Å²) < 4.78 is 1.93. The minimum absolute atomic E-state index is 0.155. The van der Waals surface area contributed by atoms with Crippen LogP contribution in [0.3, 0.4) is 0 Å². The maximum Gasteiger partial charge on any atom is 0.0645 e. The standard InChI is InChI=1S/C17H21N3/c18-17(16-9-12-6-7-13(16)8-12)14-10-19-20(11-14)15-4-2-1-3-5-15/h1-5,10-13,16-17H,6-9,18H2. The second kappa shape index (κ2) is 4.74. The van der Waals surface area contributed by atoms with Gasteiger partial charge in [-0.05, 0) is 49.1 Å². The normalized spacial score (nSPS) is 29.8. The van der Waals surface area contributed by atoms with Gasteiger partial charge in [-0.15, -0.1) is 0 Å². The summed E-state index contributed by atoms with van der Waals surface area (Å²) in [4.78, 5) is 0. The Bertz CT molecular complexity index is 589. The summed E-state index contributed by atoms with van der Waals surface area (Å²) in [6, 6.07) is 10.4. The van der Waals surface area contributed by atoms with E-state index in [4.69, 9.17) is 5.73 Å². The molecule has 104 valence electrons. The van der Waals surface area contributed by atoms with Crippen molar-refractivity contribution < 1.29 is 0 Å². The Balaban J connectivity index is 1.56. The van der Waals surface area contributed by atoms with E-state index in [0.717, 1.165) is 17.5 Å². The van der Waals surface area contributed by atoms with Gasteiger partial charge in [0.15, 0.2) is 0 Å². The van der Waals surface area contributed by atoms with Gasteiger partial charge in [-0.1, -0.05) is 24.6 Å². The van der Waals surface area contributed by atoms with Gasteiger partial charge in [-0.3, -0.25) is 0 Å². The molecule has 4 atom stereocenters. The van der Waals surface area contributed by atoms with E-state index in [1.165, 1.54) is 31.2 Å². The number of aromatic nitrogens is 2. The molecule has 0 spiro atoms. The molecule has 0 saturated heterocycles. The van der Waals surface area contributed by atoms with Crippen molar-refractivity contribution in [3.8, 4) is 5.69 Å². The van der Waals surface area contributed by atoms with Gasteiger partial charge in [0.2, 0.25) is 0 Å². The molecule has 2 aliphatic carbocycles. The van der Waals surface area contributed by atoms with Gasteiger partial charge in [-0.25, -0.2) is 4.68 Å². The second-order valence-electron chi connectivity index (χ2n) is 6.42. The Morgan fingerprint density at radius 3 is 2.70 bits per heavy atom. The van der Waals surface area contributed by atoms with E-state index in [2.05, 4.69) is 23.4 Å². The lowest BCUT2D eigenvalue weighted by Crippen LogP contribution is -2.25. The molecule has 1 aromatic heterocycles. The number of hydrogen-bond donors (Lipinski definition) is 1. The maximum absolute atomic E-state index is 6.52. The lowest BCUT2D eigenvalue weighted by atomic mass is 9.82. The van der Waals surface area contributed by atoms with Crippen molar-refractivity contribution in [3.63, 3.8) is 0 Å². The molecule has 3 nitrogen and oxygen atoms in total. The summed E-state index contributed by atoms with van der Waals surface area (Å²) in [6.45, 7) is 0. The van der Waals surface area contributed by atoms with Crippen LogP contribution in [0.5, 0.6) is 0 Å². The van der Waals surface area contributed by atoms with Gasteiger partial charge in [0.1, 0.15) is 0 Å². The van der Waals surface area contributed by atoms with Crippen molar-refractivity contribution in [2.45, 2.75) is 31.7 Å². The first-order chi connectivity index (χ1) is 9.81. The van der Waals surface area contributed by atoms with Crippen LogP contribution in [0.4, 0.5) is 0 Å². The monoisotopic (exact) mass is 267 g/mol. The predicted octanol–water partition coefficient (Wildman–Crippen LogP) is 3.31. The van der Waals surface area contributed by atoms with Gasteiger partial charge in [0.25, 0.3) is 0 Å². The van der Waals surface area contributed by atoms with Gasteiger partial charge in [0, 0.05) is 17.8 Å². The van der Waals surface area contributed by atoms with E-state index in [0.29, 0.717) is 5.92 Å². The molecule has 4 unspecified atom stereocenters. The van der Waals surface area contributed by atoms with Crippen LogP contribution in [-0.2, 0) is 0 Å². The smallest absolute Gasteiger partial charge is 0.0645 e. The highest BCUT2D eigenvalue weighted by Crippen LogP contribution is 2.51.